The summed E-state index contributed by atoms with van der Waals surface area (Å²) in [5.74, 6) is 0. The first-order valence-electron chi connectivity index (χ1n) is 4.51. The van der Waals surface area contributed by atoms with E-state index < -0.39 is 0 Å². The largest absolute Gasteiger partial charge is 0.380 e. The molecule has 2 nitrogen and oxygen atoms in total. The predicted molar refractivity (Wildman–Crippen MR) is 52.5 cm³/mol. The number of methoxy groups -OCH3 is 1. The average molecular weight is 180 g/mol. The number of ether oxygens (including phenoxy) is 2. The number of benzene rings is 1. The molecule has 0 aliphatic carbocycles. The Morgan fingerprint density at radius 1 is 1.15 bits per heavy atom. The van der Waals surface area contributed by atoms with Crippen molar-refractivity contribution in [3.8, 4) is 0 Å². The summed E-state index contributed by atoms with van der Waals surface area (Å²) in [4.78, 5) is 0. The summed E-state index contributed by atoms with van der Waals surface area (Å²) < 4.78 is 10.4. The van der Waals surface area contributed by atoms with Gasteiger partial charge in [-0.25, -0.2) is 0 Å². The van der Waals surface area contributed by atoms with Crippen LogP contribution in [0.1, 0.15) is 18.1 Å². The quantitative estimate of drug-likeness (QED) is 0.692. The first kappa shape index (κ1) is 10.2. The zero-order valence-electron chi connectivity index (χ0n) is 8.25. The second kappa shape index (κ2) is 5.73. The summed E-state index contributed by atoms with van der Waals surface area (Å²) in [6, 6.07) is 8.26. The maximum Gasteiger partial charge on any atom is 0.0716 e. The molecule has 0 saturated carbocycles. The summed E-state index contributed by atoms with van der Waals surface area (Å²) in [7, 11) is 1.70. The molecule has 0 atom stereocenters. The van der Waals surface area contributed by atoms with E-state index in [1.165, 1.54) is 11.1 Å². The van der Waals surface area contributed by atoms with Crippen molar-refractivity contribution in [2.45, 2.75) is 20.1 Å². The molecular formula is C11H16O2. The van der Waals surface area contributed by atoms with Gasteiger partial charge in [0, 0.05) is 13.7 Å². The third-order valence-corrected chi connectivity index (χ3v) is 1.78. The molecule has 1 aromatic carbocycles. The van der Waals surface area contributed by atoms with Crippen LogP contribution in [0.25, 0.3) is 0 Å². The highest BCUT2D eigenvalue weighted by Crippen LogP contribution is 2.07. The standard InChI is InChI=1S/C11H16O2/c1-3-13-9-11-6-4-5-10(7-11)8-12-2/h4-7H,3,8-9H2,1-2H3. The van der Waals surface area contributed by atoms with Crippen LogP contribution in [-0.2, 0) is 22.7 Å². The van der Waals surface area contributed by atoms with Crippen LogP contribution in [0.2, 0.25) is 0 Å². The molecule has 0 spiro atoms. The molecule has 1 aromatic rings. The summed E-state index contributed by atoms with van der Waals surface area (Å²) >= 11 is 0. The van der Waals surface area contributed by atoms with Crippen LogP contribution in [0.15, 0.2) is 24.3 Å². The molecule has 1 rings (SSSR count). The second-order valence-electron chi connectivity index (χ2n) is 2.89. The normalized spacial score (nSPS) is 10.3. The monoisotopic (exact) mass is 180 g/mol. The maximum atomic E-state index is 5.31. The van der Waals surface area contributed by atoms with Crippen LogP contribution < -0.4 is 0 Å². The molecule has 2 heteroatoms. The SMILES string of the molecule is CCOCc1cccc(COC)c1. The highest BCUT2D eigenvalue weighted by Gasteiger charge is 1.95. The molecule has 0 saturated heterocycles. The molecule has 0 heterocycles. The molecular weight excluding hydrogens is 164 g/mol. The van der Waals surface area contributed by atoms with Gasteiger partial charge in [0.25, 0.3) is 0 Å². The lowest BCUT2D eigenvalue weighted by Crippen LogP contribution is -1.94. The fourth-order valence-electron chi connectivity index (χ4n) is 1.20. The molecule has 0 amide bonds. The molecule has 0 aliphatic rings. The van der Waals surface area contributed by atoms with Gasteiger partial charge in [-0.2, -0.15) is 0 Å². The van der Waals surface area contributed by atoms with Crippen molar-refractivity contribution in [1.29, 1.82) is 0 Å². The third kappa shape index (κ3) is 3.57. The number of hydrogen-bond donors (Lipinski definition) is 0. The van der Waals surface area contributed by atoms with Gasteiger partial charge in [-0.05, 0) is 18.1 Å². The summed E-state index contributed by atoms with van der Waals surface area (Å²) in [5, 5.41) is 0. The minimum Gasteiger partial charge on any atom is -0.380 e. The topological polar surface area (TPSA) is 18.5 Å². The van der Waals surface area contributed by atoms with E-state index in [1.807, 2.05) is 13.0 Å². The van der Waals surface area contributed by atoms with Gasteiger partial charge in [-0.15, -0.1) is 0 Å². The van der Waals surface area contributed by atoms with Crippen LogP contribution >= 0.6 is 0 Å². The fourth-order valence-corrected chi connectivity index (χ4v) is 1.20. The minimum atomic E-state index is 0.667. The first-order valence-corrected chi connectivity index (χ1v) is 4.51. The Balaban J connectivity index is 2.56. The second-order valence-corrected chi connectivity index (χ2v) is 2.89. The van der Waals surface area contributed by atoms with E-state index in [1.54, 1.807) is 7.11 Å². The molecule has 0 aliphatic heterocycles. The van der Waals surface area contributed by atoms with Gasteiger partial charge in [0.1, 0.15) is 0 Å². The van der Waals surface area contributed by atoms with Gasteiger partial charge in [-0.3, -0.25) is 0 Å². The van der Waals surface area contributed by atoms with E-state index in [0.29, 0.717) is 13.2 Å². The van der Waals surface area contributed by atoms with Gasteiger partial charge in [-0.1, -0.05) is 24.3 Å². The van der Waals surface area contributed by atoms with E-state index in [-0.39, 0.29) is 0 Å². The number of hydrogen-bond acceptors (Lipinski definition) is 2. The number of rotatable bonds is 5. The Labute approximate surface area is 79.5 Å². The zero-order chi connectivity index (χ0) is 9.52. The molecule has 0 fully saturated rings. The zero-order valence-corrected chi connectivity index (χ0v) is 8.25. The van der Waals surface area contributed by atoms with Crippen molar-refractivity contribution >= 4 is 0 Å². The summed E-state index contributed by atoms with van der Waals surface area (Å²) in [6.45, 7) is 4.11. The highest BCUT2D eigenvalue weighted by atomic mass is 16.5. The van der Waals surface area contributed by atoms with Gasteiger partial charge in [0.2, 0.25) is 0 Å². The van der Waals surface area contributed by atoms with Crippen LogP contribution in [0.4, 0.5) is 0 Å². The maximum absolute atomic E-state index is 5.31. The van der Waals surface area contributed by atoms with Crippen LogP contribution in [0.5, 0.6) is 0 Å². The van der Waals surface area contributed by atoms with Crippen molar-refractivity contribution in [1.82, 2.24) is 0 Å². The van der Waals surface area contributed by atoms with E-state index >= 15 is 0 Å². The minimum absolute atomic E-state index is 0.667. The van der Waals surface area contributed by atoms with Crippen molar-refractivity contribution in [3.63, 3.8) is 0 Å². The van der Waals surface area contributed by atoms with E-state index in [9.17, 15) is 0 Å². The average Bonchev–Trinajstić information content (AvgIpc) is 2.16. The first-order chi connectivity index (χ1) is 6.36. The van der Waals surface area contributed by atoms with Crippen molar-refractivity contribution in [2.24, 2.45) is 0 Å². The van der Waals surface area contributed by atoms with Crippen molar-refractivity contribution in [2.75, 3.05) is 13.7 Å². The fraction of sp³-hybridized carbons (Fsp3) is 0.455. The van der Waals surface area contributed by atoms with E-state index in [0.717, 1.165) is 6.61 Å². The Kier molecular flexibility index (Phi) is 4.50. The van der Waals surface area contributed by atoms with Crippen LogP contribution in [0, 0.1) is 0 Å². The van der Waals surface area contributed by atoms with Gasteiger partial charge in [0.15, 0.2) is 0 Å². The molecule has 72 valence electrons. The molecule has 0 radical (unpaired) electrons. The third-order valence-electron chi connectivity index (χ3n) is 1.78. The Hall–Kier alpha value is -0.860. The van der Waals surface area contributed by atoms with Gasteiger partial charge in [0.05, 0.1) is 13.2 Å². The van der Waals surface area contributed by atoms with Crippen LogP contribution in [-0.4, -0.2) is 13.7 Å². The predicted octanol–water partition coefficient (Wildman–Crippen LogP) is 2.37. The Morgan fingerprint density at radius 2 is 1.85 bits per heavy atom. The smallest absolute Gasteiger partial charge is 0.0716 e. The van der Waals surface area contributed by atoms with Crippen molar-refractivity contribution < 1.29 is 9.47 Å². The summed E-state index contributed by atoms with van der Waals surface area (Å²) in [6.07, 6.45) is 0. The lowest BCUT2D eigenvalue weighted by Gasteiger charge is -2.04. The molecule has 0 unspecified atom stereocenters. The lowest BCUT2D eigenvalue weighted by molar-refractivity contribution is 0.133. The molecule has 13 heavy (non-hydrogen) atoms. The van der Waals surface area contributed by atoms with E-state index in [4.69, 9.17) is 9.47 Å². The van der Waals surface area contributed by atoms with Gasteiger partial charge < -0.3 is 9.47 Å². The van der Waals surface area contributed by atoms with Gasteiger partial charge >= 0.3 is 0 Å². The lowest BCUT2D eigenvalue weighted by atomic mass is 10.1. The van der Waals surface area contributed by atoms with Crippen molar-refractivity contribution in [3.05, 3.63) is 35.4 Å². The molecule has 0 aromatic heterocycles. The Morgan fingerprint density at radius 3 is 2.46 bits per heavy atom. The summed E-state index contributed by atoms with van der Waals surface area (Å²) in [5.41, 5.74) is 2.40. The highest BCUT2D eigenvalue weighted by molar-refractivity contribution is 5.22. The van der Waals surface area contributed by atoms with Crippen LogP contribution in [0.3, 0.4) is 0 Å². The van der Waals surface area contributed by atoms with E-state index in [2.05, 4.69) is 18.2 Å². The molecule has 0 bridgehead atoms. The molecule has 0 N–H and O–H groups in total. The Bertz CT molecular complexity index is 246.